The number of hydrogen-bond acceptors (Lipinski definition) is 5. The van der Waals surface area contributed by atoms with Crippen LogP contribution in [0.4, 0.5) is 0 Å². The van der Waals surface area contributed by atoms with E-state index >= 15 is 0 Å². The Morgan fingerprint density at radius 2 is 1.86 bits per heavy atom. The Hall–Kier alpha value is -2.69. The van der Waals surface area contributed by atoms with E-state index in [-0.39, 0.29) is 35.2 Å². The third-order valence-corrected chi connectivity index (χ3v) is 7.72. The zero-order valence-corrected chi connectivity index (χ0v) is 16.3. The van der Waals surface area contributed by atoms with Gasteiger partial charge in [-0.3, -0.25) is 9.59 Å². The first kappa shape index (κ1) is 17.2. The predicted octanol–water partition coefficient (Wildman–Crippen LogP) is 4.20. The Kier molecular flexibility index (Phi) is 3.65. The van der Waals surface area contributed by atoms with Gasteiger partial charge in [-0.1, -0.05) is 49.4 Å². The Labute approximate surface area is 169 Å². The lowest BCUT2D eigenvalue weighted by molar-refractivity contribution is -0.133. The van der Waals surface area contributed by atoms with Crippen LogP contribution in [0.3, 0.4) is 0 Å². The topological polar surface area (TPSA) is 69.4 Å². The van der Waals surface area contributed by atoms with Gasteiger partial charge in [-0.25, -0.2) is 0 Å². The van der Waals surface area contributed by atoms with Gasteiger partial charge >= 0.3 is 0 Å². The molecule has 1 aromatic heterocycles. The summed E-state index contributed by atoms with van der Waals surface area (Å²) in [6.07, 6.45) is 6.46. The molecule has 5 nitrogen and oxygen atoms in total. The van der Waals surface area contributed by atoms with Gasteiger partial charge in [0.1, 0.15) is 18.0 Å². The fourth-order valence-corrected chi connectivity index (χ4v) is 6.35. The molecule has 6 rings (SSSR count). The molecule has 2 saturated carbocycles. The van der Waals surface area contributed by atoms with Crippen molar-refractivity contribution in [2.75, 3.05) is 0 Å². The van der Waals surface area contributed by atoms with Crippen molar-refractivity contribution in [2.24, 2.45) is 35.5 Å². The second-order valence-corrected chi connectivity index (χ2v) is 9.07. The van der Waals surface area contributed by atoms with Crippen molar-refractivity contribution in [2.45, 2.75) is 32.3 Å². The van der Waals surface area contributed by atoms with Crippen LogP contribution in [0.25, 0.3) is 0 Å². The molecule has 4 aliphatic carbocycles. The van der Waals surface area contributed by atoms with Crippen LogP contribution < -0.4 is 4.74 Å². The van der Waals surface area contributed by atoms with Gasteiger partial charge in [-0.15, -0.1) is 0 Å². The van der Waals surface area contributed by atoms with E-state index in [9.17, 15) is 9.59 Å². The summed E-state index contributed by atoms with van der Waals surface area (Å²) >= 11 is 0. The van der Waals surface area contributed by atoms with Crippen molar-refractivity contribution in [3.05, 3.63) is 59.4 Å². The van der Waals surface area contributed by atoms with E-state index in [1.54, 1.807) is 0 Å². The van der Waals surface area contributed by atoms with Gasteiger partial charge in [0.05, 0.1) is 5.92 Å². The highest BCUT2D eigenvalue weighted by Gasteiger charge is 2.59. The van der Waals surface area contributed by atoms with E-state index in [0.717, 1.165) is 18.4 Å². The van der Waals surface area contributed by atoms with Crippen molar-refractivity contribution in [3.63, 3.8) is 0 Å². The molecule has 7 unspecified atom stereocenters. The molecule has 2 aromatic rings. The summed E-state index contributed by atoms with van der Waals surface area (Å²) in [7, 11) is 0. The molecule has 0 saturated heterocycles. The zero-order chi connectivity index (χ0) is 19.7. The van der Waals surface area contributed by atoms with E-state index in [1.807, 2.05) is 30.3 Å². The molecule has 0 amide bonds. The molecular weight excluding hydrogens is 366 g/mol. The van der Waals surface area contributed by atoms with Crippen LogP contribution in [-0.4, -0.2) is 16.7 Å². The van der Waals surface area contributed by atoms with Crippen molar-refractivity contribution in [1.82, 2.24) is 5.16 Å². The summed E-state index contributed by atoms with van der Waals surface area (Å²) in [5.41, 5.74) is 1.38. The van der Waals surface area contributed by atoms with Gasteiger partial charge in [0.15, 0.2) is 11.5 Å². The molecule has 1 heterocycles. The molecule has 0 spiro atoms. The minimum Gasteiger partial charge on any atom is -0.470 e. The number of Topliss-reactive ketones (excluding diaryl/α,β-unsaturated/α-hetero) is 2. The standard InChI is InChI=1S/C24H23NO4/c1-12-16-10-17-14-7-8-15(9-14)18(17)21(26)19(16)22(27)20-23(12)29-25-24(20)28-11-13-5-3-2-4-6-13/h2-8,12,14-19H,9-11H2,1H3. The number of rotatable bonds is 3. The summed E-state index contributed by atoms with van der Waals surface area (Å²) in [6.45, 7) is 2.37. The maximum absolute atomic E-state index is 13.5. The summed E-state index contributed by atoms with van der Waals surface area (Å²) in [5, 5.41) is 4.07. The molecule has 2 bridgehead atoms. The largest absolute Gasteiger partial charge is 0.470 e. The lowest BCUT2D eigenvalue weighted by Gasteiger charge is -2.44. The van der Waals surface area contributed by atoms with E-state index in [2.05, 4.69) is 24.2 Å². The van der Waals surface area contributed by atoms with Gasteiger partial charge in [0, 0.05) is 11.8 Å². The number of carbonyl (C=O) groups is 2. The predicted molar refractivity (Wildman–Crippen MR) is 104 cm³/mol. The van der Waals surface area contributed by atoms with E-state index in [0.29, 0.717) is 35.7 Å². The van der Waals surface area contributed by atoms with Gasteiger partial charge in [0.25, 0.3) is 5.88 Å². The fraction of sp³-hybridized carbons (Fsp3) is 0.458. The third kappa shape index (κ3) is 2.36. The first-order chi connectivity index (χ1) is 14.1. The monoisotopic (exact) mass is 389 g/mol. The Morgan fingerprint density at radius 3 is 2.69 bits per heavy atom. The lowest BCUT2D eigenvalue weighted by atomic mass is 9.57. The first-order valence-electron chi connectivity index (χ1n) is 10.6. The molecule has 4 aliphatic rings. The summed E-state index contributed by atoms with van der Waals surface area (Å²) < 4.78 is 11.4. The van der Waals surface area contributed by atoms with Crippen molar-refractivity contribution < 1.29 is 18.8 Å². The molecule has 29 heavy (non-hydrogen) atoms. The van der Waals surface area contributed by atoms with Crippen molar-refractivity contribution in [1.29, 1.82) is 0 Å². The van der Waals surface area contributed by atoms with Crippen LogP contribution in [-0.2, 0) is 11.4 Å². The van der Waals surface area contributed by atoms with Gasteiger partial charge in [0.2, 0.25) is 0 Å². The normalized spacial score (nSPS) is 36.7. The summed E-state index contributed by atoms with van der Waals surface area (Å²) in [5.74, 6) is 1.43. The first-order valence-corrected chi connectivity index (χ1v) is 10.6. The quantitative estimate of drug-likeness (QED) is 0.581. The molecule has 2 fully saturated rings. The van der Waals surface area contributed by atoms with E-state index in [4.69, 9.17) is 9.26 Å². The molecule has 7 atom stereocenters. The maximum atomic E-state index is 13.5. The number of allylic oxidation sites excluding steroid dienone is 2. The minimum absolute atomic E-state index is 0.00595. The molecule has 5 heteroatoms. The van der Waals surface area contributed by atoms with Crippen LogP contribution in [0.5, 0.6) is 5.88 Å². The molecular formula is C24H23NO4. The number of benzene rings is 1. The maximum Gasteiger partial charge on any atom is 0.265 e. The Bertz CT molecular complexity index is 1020. The third-order valence-electron chi connectivity index (χ3n) is 7.72. The zero-order valence-electron chi connectivity index (χ0n) is 16.3. The smallest absolute Gasteiger partial charge is 0.265 e. The van der Waals surface area contributed by atoms with Crippen LogP contribution in [0, 0.1) is 35.5 Å². The Morgan fingerprint density at radius 1 is 1.07 bits per heavy atom. The molecule has 0 N–H and O–H groups in total. The highest BCUT2D eigenvalue weighted by molar-refractivity contribution is 6.14. The van der Waals surface area contributed by atoms with Gasteiger partial charge in [-0.05, 0) is 47.2 Å². The van der Waals surface area contributed by atoms with Gasteiger partial charge < -0.3 is 9.26 Å². The van der Waals surface area contributed by atoms with Crippen LogP contribution >= 0.6 is 0 Å². The average molecular weight is 389 g/mol. The SMILES string of the molecule is CC1c2onc(OCc3ccccc3)c2C(=O)C2C(=O)C3C4C=CC(C4)C3CC21. The van der Waals surface area contributed by atoms with Gasteiger partial charge in [-0.2, -0.15) is 0 Å². The fourth-order valence-electron chi connectivity index (χ4n) is 6.35. The van der Waals surface area contributed by atoms with E-state index in [1.165, 1.54) is 0 Å². The second kappa shape index (κ2) is 6.15. The van der Waals surface area contributed by atoms with E-state index < -0.39 is 5.92 Å². The van der Waals surface area contributed by atoms with Crippen molar-refractivity contribution in [3.8, 4) is 5.88 Å². The number of hydrogen-bond donors (Lipinski definition) is 0. The lowest BCUT2D eigenvalue weighted by Crippen LogP contribution is -2.49. The highest BCUT2D eigenvalue weighted by Crippen LogP contribution is 2.59. The number of ketones is 2. The molecule has 0 radical (unpaired) electrons. The van der Waals surface area contributed by atoms with Crippen molar-refractivity contribution >= 4 is 11.6 Å². The minimum atomic E-state index is -0.579. The number of nitrogens with zero attached hydrogens (tertiary/aromatic N) is 1. The van der Waals surface area contributed by atoms with Crippen LogP contribution in [0.15, 0.2) is 47.0 Å². The average Bonchev–Trinajstić information content (AvgIpc) is 3.46. The molecule has 148 valence electrons. The number of fused-ring (bicyclic) bond motifs is 7. The number of ether oxygens (including phenoxy) is 1. The molecule has 0 aliphatic heterocycles. The molecule has 1 aromatic carbocycles. The second-order valence-electron chi connectivity index (χ2n) is 9.07. The number of aromatic nitrogens is 1. The van der Waals surface area contributed by atoms with Crippen LogP contribution in [0.2, 0.25) is 0 Å². The summed E-state index contributed by atoms with van der Waals surface area (Å²) in [6, 6.07) is 9.74. The summed E-state index contributed by atoms with van der Waals surface area (Å²) in [4.78, 5) is 26.9. The number of carbonyl (C=O) groups excluding carboxylic acids is 2. The highest BCUT2D eigenvalue weighted by atomic mass is 16.5. The Balaban J connectivity index is 1.33. The van der Waals surface area contributed by atoms with Crippen LogP contribution in [0.1, 0.15) is 47.4 Å².